The molecule has 0 bridgehead atoms. The van der Waals surface area contributed by atoms with Crippen LogP contribution in [0.3, 0.4) is 0 Å². The van der Waals surface area contributed by atoms with Gasteiger partial charge in [-0.1, -0.05) is 18.9 Å². The van der Waals surface area contributed by atoms with E-state index < -0.39 is 0 Å². The van der Waals surface area contributed by atoms with Crippen LogP contribution in [-0.4, -0.2) is 46.8 Å². The number of aryl methyl sites for hydroxylation is 1. The van der Waals surface area contributed by atoms with Crippen LogP contribution in [0.25, 0.3) is 0 Å². The van der Waals surface area contributed by atoms with Crippen LogP contribution in [0.15, 0.2) is 35.6 Å². The van der Waals surface area contributed by atoms with Crippen LogP contribution in [0.2, 0.25) is 0 Å². The minimum Gasteiger partial charge on any atom is -0.355 e. The molecule has 0 atom stereocenters. The molecule has 0 aliphatic carbocycles. The first-order valence-corrected chi connectivity index (χ1v) is 8.34. The molecule has 144 valence electrons. The van der Waals surface area contributed by atoms with E-state index in [0.717, 1.165) is 12.2 Å². The number of carbonyl (C=O) groups is 1. The normalized spacial score (nSPS) is 10.5. The highest BCUT2D eigenvalue weighted by molar-refractivity contribution is 14.0. The Labute approximate surface area is 176 Å². The summed E-state index contributed by atoms with van der Waals surface area (Å²) in [5.41, 5.74) is 1.38. The molecule has 9 heteroatoms. The summed E-state index contributed by atoms with van der Waals surface area (Å²) < 4.78 is 1.98. The van der Waals surface area contributed by atoms with Gasteiger partial charge in [0, 0.05) is 37.8 Å². The first-order valence-electron chi connectivity index (χ1n) is 8.34. The predicted octanol–water partition coefficient (Wildman–Crippen LogP) is 1.24. The van der Waals surface area contributed by atoms with Gasteiger partial charge in [0.15, 0.2) is 5.96 Å². The van der Waals surface area contributed by atoms with E-state index in [0.29, 0.717) is 30.3 Å². The molecular formula is C18H24IN7O. The van der Waals surface area contributed by atoms with Crippen molar-refractivity contribution in [2.24, 2.45) is 4.99 Å². The van der Waals surface area contributed by atoms with Gasteiger partial charge in [-0.3, -0.25) is 9.79 Å². The number of hydrogen-bond donors (Lipinski definition) is 3. The van der Waals surface area contributed by atoms with Crippen LogP contribution >= 0.6 is 24.0 Å². The Morgan fingerprint density at radius 2 is 2.19 bits per heavy atom. The van der Waals surface area contributed by atoms with Crippen molar-refractivity contribution in [1.82, 2.24) is 25.4 Å². The second kappa shape index (κ2) is 11.9. The van der Waals surface area contributed by atoms with Crippen LogP contribution in [0.5, 0.6) is 0 Å². The highest BCUT2D eigenvalue weighted by atomic mass is 127. The van der Waals surface area contributed by atoms with Gasteiger partial charge >= 0.3 is 0 Å². The van der Waals surface area contributed by atoms with Crippen molar-refractivity contribution in [1.29, 1.82) is 0 Å². The fourth-order valence-electron chi connectivity index (χ4n) is 2.31. The van der Waals surface area contributed by atoms with E-state index in [1.807, 2.05) is 11.5 Å². The first-order chi connectivity index (χ1) is 12.7. The highest BCUT2D eigenvalue weighted by Gasteiger charge is 2.05. The van der Waals surface area contributed by atoms with E-state index in [-0.39, 0.29) is 36.4 Å². The quantitative estimate of drug-likeness (QED) is 0.240. The van der Waals surface area contributed by atoms with Crippen molar-refractivity contribution in [3.8, 4) is 12.3 Å². The summed E-state index contributed by atoms with van der Waals surface area (Å²) in [4.78, 5) is 16.2. The third kappa shape index (κ3) is 7.26. The lowest BCUT2D eigenvalue weighted by Gasteiger charge is -2.13. The first kappa shape index (κ1) is 22.4. The Morgan fingerprint density at radius 1 is 1.37 bits per heavy atom. The van der Waals surface area contributed by atoms with Crippen molar-refractivity contribution in [2.45, 2.75) is 19.9 Å². The van der Waals surface area contributed by atoms with E-state index in [1.165, 1.54) is 0 Å². The van der Waals surface area contributed by atoms with Crippen molar-refractivity contribution in [3.63, 3.8) is 0 Å². The van der Waals surface area contributed by atoms with Crippen LogP contribution in [0, 0.1) is 12.3 Å². The Balaban J connectivity index is 0.00000364. The summed E-state index contributed by atoms with van der Waals surface area (Å²) >= 11 is 0. The number of terminal acetylenes is 1. The highest BCUT2D eigenvalue weighted by Crippen LogP contribution is 2.09. The molecule has 2 rings (SSSR count). The summed E-state index contributed by atoms with van der Waals surface area (Å²) in [5.74, 6) is 3.83. The number of halogens is 1. The fourth-order valence-corrected chi connectivity index (χ4v) is 2.31. The maximum Gasteiger partial charge on any atom is 0.243 e. The minimum atomic E-state index is -0.186. The number of nitrogens with one attached hydrogen (secondary N) is 3. The maximum atomic E-state index is 12.0. The van der Waals surface area contributed by atoms with Crippen LogP contribution < -0.4 is 16.0 Å². The average Bonchev–Trinajstić information content (AvgIpc) is 3.12. The fraction of sp³-hybridized carbons (Fsp3) is 0.333. The van der Waals surface area contributed by atoms with Gasteiger partial charge in [0.05, 0.1) is 6.54 Å². The second-order valence-corrected chi connectivity index (χ2v) is 5.42. The largest absolute Gasteiger partial charge is 0.355 e. The van der Waals surface area contributed by atoms with Crippen LogP contribution in [0.4, 0.5) is 5.69 Å². The lowest BCUT2D eigenvalue weighted by Crippen LogP contribution is -2.42. The van der Waals surface area contributed by atoms with Crippen molar-refractivity contribution in [3.05, 3.63) is 42.0 Å². The summed E-state index contributed by atoms with van der Waals surface area (Å²) in [7, 11) is 1.65. The zero-order chi connectivity index (χ0) is 18.8. The average molecular weight is 481 g/mol. The lowest BCUT2D eigenvalue weighted by atomic mass is 10.2. The number of amides is 1. The molecule has 0 unspecified atom stereocenters. The third-order valence-corrected chi connectivity index (χ3v) is 3.61. The van der Waals surface area contributed by atoms with E-state index in [1.54, 1.807) is 37.6 Å². The van der Waals surface area contributed by atoms with Crippen molar-refractivity contribution in [2.75, 3.05) is 25.5 Å². The predicted molar refractivity (Wildman–Crippen MR) is 117 cm³/mol. The number of aliphatic imine (C=N–C) groups is 1. The maximum absolute atomic E-state index is 12.0. The molecular weight excluding hydrogens is 457 g/mol. The second-order valence-electron chi connectivity index (χ2n) is 5.42. The number of benzene rings is 1. The third-order valence-electron chi connectivity index (χ3n) is 3.61. The van der Waals surface area contributed by atoms with E-state index in [9.17, 15) is 4.79 Å². The zero-order valence-corrected chi connectivity index (χ0v) is 17.7. The molecule has 1 aromatic heterocycles. The minimum absolute atomic E-state index is 0. The van der Waals surface area contributed by atoms with E-state index in [4.69, 9.17) is 6.42 Å². The van der Waals surface area contributed by atoms with Gasteiger partial charge in [-0.25, -0.2) is 0 Å². The molecule has 1 heterocycles. The Hall–Kier alpha value is -2.61. The number of guanidine groups is 1. The molecule has 0 spiro atoms. The molecule has 2 aromatic rings. The number of anilines is 1. The smallest absolute Gasteiger partial charge is 0.243 e. The molecule has 0 saturated heterocycles. The van der Waals surface area contributed by atoms with Crippen molar-refractivity contribution >= 4 is 41.5 Å². The summed E-state index contributed by atoms with van der Waals surface area (Å²) in [5, 5.41) is 16.8. The molecule has 27 heavy (non-hydrogen) atoms. The van der Waals surface area contributed by atoms with Gasteiger partial charge < -0.3 is 20.5 Å². The van der Waals surface area contributed by atoms with Crippen molar-refractivity contribution < 1.29 is 4.79 Å². The Bertz CT molecular complexity index is 810. The van der Waals surface area contributed by atoms with Gasteiger partial charge in [-0.05, 0) is 18.2 Å². The van der Waals surface area contributed by atoms with Crippen LogP contribution in [-0.2, 0) is 17.8 Å². The SMILES string of the molecule is C#Cc1cccc(NC(=O)CNC(=NC)NCCn2cnnc2CC)c1.I. The molecule has 0 saturated carbocycles. The van der Waals surface area contributed by atoms with E-state index >= 15 is 0 Å². The van der Waals surface area contributed by atoms with Crippen LogP contribution in [0.1, 0.15) is 18.3 Å². The number of carbonyl (C=O) groups excluding carboxylic acids is 1. The molecule has 0 aliphatic heterocycles. The van der Waals surface area contributed by atoms with Gasteiger partial charge in [0.2, 0.25) is 5.91 Å². The Morgan fingerprint density at radius 3 is 2.89 bits per heavy atom. The standard InChI is InChI=1S/C18H23N7O.HI/c1-4-14-7-6-8-15(11-14)23-17(26)12-21-18(19-3)20-9-10-25-13-22-24-16(25)5-2;/h1,6-8,11,13H,5,9-10,12H2,2-3H3,(H,23,26)(H2,19,20,21);1H. The van der Waals surface area contributed by atoms with Gasteiger partial charge in [0.1, 0.15) is 12.2 Å². The van der Waals surface area contributed by atoms with Gasteiger partial charge in [-0.15, -0.1) is 40.6 Å². The van der Waals surface area contributed by atoms with E-state index in [2.05, 4.69) is 37.1 Å². The molecule has 1 aromatic carbocycles. The Kier molecular flexibility index (Phi) is 9.89. The topological polar surface area (TPSA) is 96.2 Å². The number of rotatable bonds is 7. The van der Waals surface area contributed by atoms with Gasteiger partial charge in [0.25, 0.3) is 0 Å². The molecule has 0 radical (unpaired) electrons. The lowest BCUT2D eigenvalue weighted by molar-refractivity contribution is -0.115. The number of nitrogens with zero attached hydrogens (tertiary/aromatic N) is 4. The monoisotopic (exact) mass is 481 g/mol. The zero-order valence-electron chi connectivity index (χ0n) is 15.4. The summed E-state index contributed by atoms with van der Waals surface area (Å²) in [6.07, 6.45) is 7.89. The molecule has 0 fully saturated rings. The molecule has 1 amide bonds. The number of hydrogen-bond acceptors (Lipinski definition) is 4. The number of aromatic nitrogens is 3. The summed E-state index contributed by atoms with van der Waals surface area (Å²) in [6, 6.07) is 7.14. The van der Waals surface area contributed by atoms with Gasteiger partial charge in [-0.2, -0.15) is 0 Å². The molecule has 3 N–H and O–H groups in total. The summed E-state index contributed by atoms with van der Waals surface area (Å²) in [6.45, 7) is 3.47. The molecule has 0 aliphatic rings. The molecule has 8 nitrogen and oxygen atoms in total.